The largest absolute Gasteiger partial charge is 0.344 e. The molecule has 0 aliphatic heterocycles. The van der Waals surface area contributed by atoms with Gasteiger partial charge in [0, 0.05) is 28.2 Å². The van der Waals surface area contributed by atoms with Gasteiger partial charge in [0.15, 0.2) is 0 Å². The highest BCUT2D eigenvalue weighted by Gasteiger charge is 2.10. The van der Waals surface area contributed by atoms with Gasteiger partial charge in [0.2, 0.25) is 0 Å². The third kappa shape index (κ3) is 3.40. The van der Waals surface area contributed by atoms with Crippen LogP contribution in [0.5, 0.6) is 0 Å². The number of anilines is 2. The van der Waals surface area contributed by atoms with Crippen molar-refractivity contribution in [1.82, 2.24) is 0 Å². The predicted molar refractivity (Wildman–Crippen MR) is 90.8 cm³/mol. The van der Waals surface area contributed by atoms with Gasteiger partial charge in [-0.3, -0.25) is 0 Å². The van der Waals surface area contributed by atoms with Crippen molar-refractivity contribution in [3.63, 3.8) is 0 Å². The van der Waals surface area contributed by atoms with Crippen molar-refractivity contribution in [3.05, 3.63) is 57.6 Å². The average molecular weight is 383 g/mol. The lowest BCUT2D eigenvalue weighted by Gasteiger charge is -2.23. The molecule has 3 heteroatoms. The number of aryl methyl sites for hydroxylation is 2. The molecule has 2 aromatic rings. The Morgan fingerprint density at radius 1 is 1.00 bits per heavy atom. The lowest BCUT2D eigenvalue weighted by atomic mass is 10.1. The minimum Gasteiger partial charge on any atom is -0.344 e. The van der Waals surface area contributed by atoms with E-state index in [9.17, 15) is 0 Å². The highest BCUT2D eigenvalue weighted by Crippen LogP contribution is 2.31. The van der Waals surface area contributed by atoms with E-state index in [-0.39, 0.29) is 0 Å². The standard InChI is InChI=1S/C16H17Br2N/c1-11-6-12(2)8-15(7-11)19(3)16-5-4-14(18)9-13(16)10-17/h4-9H,10H2,1-3H3. The van der Waals surface area contributed by atoms with Crippen LogP contribution in [0.4, 0.5) is 11.4 Å². The fourth-order valence-electron chi connectivity index (χ4n) is 2.27. The summed E-state index contributed by atoms with van der Waals surface area (Å²) in [5.41, 5.74) is 6.31. The first kappa shape index (κ1) is 14.6. The molecule has 0 saturated carbocycles. The zero-order valence-electron chi connectivity index (χ0n) is 11.4. The Morgan fingerprint density at radius 3 is 2.21 bits per heavy atom. The molecule has 0 N–H and O–H groups in total. The minimum atomic E-state index is 0.844. The molecule has 0 aliphatic carbocycles. The summed E-state index contributed by atoms with van der Waals surface area (Å²) in [5, 5.41) is 0.844. The molecule has 19 heavy (non-hydrogen) atoms. The number of benzene rings is 2. The number of hydrogen-bond acceptors (Lipinski definition) is 1. The highest BCUT2D eigenvalue weighted by molar-refractivity contribution is 9.10. The molecule has 0 amide bonds. The van der Waals surface area contributed by atoms with E-state index in [1.165, 1.54) is 28.1 Å². The molecule has 0 bridgehead atoms. The molecule has 2 rings (SSSR count). The Hall–Kier alpha value is -0.800. The second-order valence-electron chi connectivity index (χ2n) is 4.81. The van der Waals surface area contributed by atoms with Crippen molar-refractivity contribution >= 4 is 43.2 Å². The van der Waals surface area contributed by atoms with Crippen LogP contribution in [0.25, 0.3) is 0 Å². The van der Waals surface area contributed by atoms with E-state index >= 15 is 0 Å². The zero-order chi connectivity index (χ0) is 14.0. The predicted octanol–water partition coefficient (Wildman–Crippen LogP) is 5.73. The summed E-state index contributed by atoms with van der Waals surface area (Å²) >= 11 is 7.09. The normalized spacial score (nSPS) is 10.6. The average Bonchev–Trinajstić information content (AvgIpc) is 2.36. The van der Waals surface area contributed by atoms with Crippen LogP contribution in [0.2, 0.25) is 0 Å². The van der Waals surface area contributed by atoms with Crippen molar-refractivity contribution in [2.45, 2.75) is 19.2 Å². The topological polar surface area (TPSA) is 3.24 Å². The molecule has 0 spiro atoms. The maximum absolute atomic E-state index is 3.56. The molecule has 0 heterocycles. The summed E-state index contributed by atoms with van der Waals surface area (Å²) in [6.45, 7) is 4.27. The number of nitrogens with zero attached hydrogens (tertiary/aromatic N) is 1. The molecule has 0 aliphatic rings. The van der Waals surface area contributed by atoms with E-state index in [0.717, 1.165) is 9.80 Å². The van der Waals surface area contributed by atoms with Crippen molar-refractivity contribution in [1.29, 1.82) is 0 Å². The number of alkyl halides is 1. The summed E-state index contributed by atoms with van der Waals surface area (Å²) in [4.78, 5) is 2.24. The molecule has 2 aromatic carbocycles. The van der Waals surface area contributed by atoms with Gasteiger partial charge in [-0.2, -0.15) is 0 Å². The smallest absolute Gasteiger partial charge is 0.0450 e. The van der Waals surface area contributed by atoms with Crippen LogP contribution in [0.1, 0.15) is 16.7 Å². The van der Waals surface area contributed by atoms with Gasteiger partial charge in [-0.05, 0) is 60.9 Å². The SMILES string of the molecule is Cc1cc(C)cc(N(C)c2ccc(Br)cc2CBr)c1. The molecule has 0 saturated heterocycles. The monoisotopic (exact) mass is 381 g/mol. The summed E-state index contributed by atoms with van der Waals surface area (Å²) in [6, 6.07) is 13.0. The fraction of sp³-hybridized carbons (Fsp3) is 0.250. The third-order valence-electron chi connectivity index (χ3n) is 3.14. The van der Waals surface area contributed by atoms with Crippen LogP contribution in [0, 0.1) is 13.8 Å². The van der Waals surface area contributed by atoms with Crippen LogP contribution in [0.15, 0.2) is 40.9 Å². The molecule has 0 radical (unpaired) electrons. The van der Waals surface area contributed by atoms with Crippen LogP contribution < -0.4 is 4.90 Å². The van der Waals surface area contributed by atoms with Crippen LogP contribution in [0.3, 0.4) is 0 Å². The minimum absolute atomic E-state index is 0.844. The van der Waals surface area contributed by atoms with Gasteiger partial charge in [-0.1, -0.05) is 37.9 Å². The molecule has 0 unspecified atom stereocenters. The van der Waals surface area contributed by atoms with E-state index < -0.39 is 0 Å². The van der Waals surface area contributed by atoms with E-state index in [4.69, 9.17) is 0 Å². The third-order valence-corrected chi connectivity index (χ3v) is 4.24. The van der Waals surface area contributed by atoms with Gasteiger partial charge in [0.05, 0.1) is 0 Å². The van der Waals surface area contributed by atoms with Crippen molar-refractivity contribution in [3.8, 4) is 0 Å². The Kier molecular flexibility index (Phi) is 4.69. The maximum atomic E-state index is 3.56. The van der Waals surface area contributed by atoms with E-state index in [2.05, 4.69) is 94.1 Å². The lowest BCUT2D eigenvalue weighted by molar-refractivity contribution is 1.17. The lowest BCUT2D eigenvalue weighted by Crippen LogP contribution is -2.11. The van der Waals surface area contributed by atoms with Gasteiger partial charge in [0.1, 0.15) is 0 Å². The highest BCUT2D eigenvalue weighted by atomic mass is 79.9. The Labute approximate surface area is 131 Å². The van der Waals surface area contributed by atoms with Crippen molar-refractivity contribution in [2.75, 3.05) is 11.9 Å². The Morgan fingerprint density at radius 2 is 1.63 bits per heavy atom. The second kappa shape index (κ2) is 6.10. The first-order chi connectivity index (χ1) is 9.01. The van der Waals surface area contributed by atoms with E-state index in [1.807, 2.05) is 0 Å². The van der Waals surface area contributed by atoms with Gasteiger partial charge in [-0.25, -0.2) is 0 Å². The quantitative estimate of drug-likeness (QED) is 0.612. The number of rotatable bonds is 3. The zero-order valence-corrected chi connectivity index (χ0v) is 14.5. The molecule has 0 fully saturated rings. The van der Waals surface area contributed by atoms with Crippen molar-refractivity contribution < 1.29 is 0 Å². The van der Waals surface area contributed by atoms with Crippen molar-refractivity contribution in [2.24, 2.45) is 0 Å². The Balaban J connectivity index is 2.46. The molecule has 1 nitrogen and oxygen atoms in total. The molecular formula is C16H17Br2N. The maximum Gasteiger partial charge on any atom is 0.0450 e. The first-order valence-electron chi connectivity index (χ1n) is 6.17. The molecule has 0 aromatic heterocycles. The summed E-state index contributed by atoms with van der Waals surface area (Å²) in [6.07, 6.45) is 0. The second-order valence-corrected chi connectivity index (χ2v) is 6.29. The fourth-order valence-corrected chi connectivity index (χ4v) is 3.13. The first-order valence-corrected chi connectivity index (χ1v) is 8.09. The summed E-state index contributed by atoms with van der Waals surface area (Å²) in [5.74, 6) is 0. The van der Waals surface area contributed by atoms with Crippen LogP contribution >= 0.6 is 31.9 Å². The Bertz CT molecular complexity index is 573. The van der Waals surface area contributed by atoms with Gasteiger partial charge >= 0.3 is 0 Å². The van der Waals surface area contributed by atoms with Crippen LogP contribution in [-0.4, -0.2) is 7.05 Å². The van der Waals surface area contributed by atoms with Crippen LogP contribution in [-0.2, 0) is 5.33 Å². The number of halogens is 2. The van der Waals surface area contributed by atoms with E-state index in [0.29, 0.717) is 0 Å². The van der Waals surface area contributed by atoms with Gasteiger partial charge in [0.25, 0.3) is 0 Å². The summed E-state index contributed by atoms with van der Waals surface area (Å²) < 4.78 is 1.11. The van der Waals surface area contributed by atoms with Gasteiger partial charge in [-0.15, -0.1) is 0 Å². The number of hydrogen-bond donors (Lipinski definition) is 0. The molecule has 100 valence electrons. The summed E-state index contributed by atoms with van der Waals surface area (Å²) in [7, 11) is 2.11. The molecule has 0 atom stereocenters. The van der Waals surface area contributed by atoms with Gasteiger partial charge < -0.3 is 4.90 Å². The molecular weight excluding hydrogens is 366 g/mol. The van der Waals surface area contributed by atoms with E-state index in [1.54, 1.807) is 0 Å².